The number of carbonyl (C=O) groups is 1. The summed E-state index contributed by atoms with van der Waals surface area (Å²) in [6, 6.07) is 14.3. The number of carbonyl (C=O) groups excluding carboxylic acids is 1. The maximum Gasteiger partial charge on any atom is 0.167 e. The van der Waals surface area contributed by atoms with E-state index in [-0.39, 0.29) is 5.92 Å². The average molecular weight is 301 g/mol. The minimum absolute atomic E-state index is 0.221. The number of fused-ring (bicyclic) bond motifs is 5. The van der Waals surface area contributed by atoms with Crippen LogP contribution in [0.25, 0.3) is 11.1 Å². The molecule has 0 spiro atoms. The van der Waals surface area contributed by atoms with E-state index in [2.05, 4.69) is 23.2 Å². The van der Waals surface area contributed by atoms with Gasteiger partial charge in [-0.05, 0) is 59.8 Å². The zero-order chi connectivity index (χ0) is 15.4. The smallest absolute Gasteiger partial charge is 0.167 e. The second kappa shape index (κ2) is 4.89. The summed E-state index contributed by atoms with van der Waals surface area (Å²) in [6.45, 7) is 0. The highest BCUT2D eigenvalue weighted by Gasteiger charge is 2.57. The fraction of sp³-hybridized carbons (Fsp3) is 0.333. The molecule has 2 saturated carbocycles. The molecule has 0 amide bonds. The molecule has 23 heavy (non-hydrogen) atoms. The van der Waals surface area contributed by atoms with Crippen LogP contribution in [0.15, 0.2) is 54.9 Å². The Bertz CT molecular complexity index is 793. The number of benzene rings is 1. The van der Waals surface area contributed by atoms with Crippen LogP contribution < -0.4 is 0 Å². The molecule has 4 atom stereocenters. The van der Waals surface area contributed by atoms with Gasteiger partial charge in [0, 0.05) is 23.9 Å². The van der Waals surface area contributed by atoms with Crippen molar-refractivity contribution in [3.8, 4) is 0 Å². The molecule has 0 radical (unpaired) electrons. The van der Waals surface area contributed by atoms with E-state index in [1.165, 1.54) is 24.8 Å². The standard InChI is InChI=1S/C21H19NO/c23-21-19(13-5-2-1-3-6-13)18(16-7-4-10-22-12-16)17-14-8-9-15(11-14)20(17)21/h1-7,10,12,14-15,17,20H,8-9,11H2/t14-,15+,17-,20-/m1/s1. The van der Waals surface area contributed by atoms with Crippen molar-refractivity contribution < 1.29 is 4.79 Å². The van der Waals surface area contributed by atoms with Crippen LogP contribution in [0, 0.1) is 23.7 Å². The third-order valence-corrected chi connectivity index (χ3v) is 6.10. The molecule has 3 aliphatic rings. The molecule has 0 unspecified atom stereocenters. The van der Waals surface area contributed by atoms with Crippen molar-refractivity contribution >= 4 is 16.9 Å². The number of aromatic nitrogens is 1. The lowest BCUT2D eigenvalue weighted by Crippen LogP contribution is -2.24. The first kappa shape index (κ1) is 13.2. The second-order valence-electron chi connectivity index (χ2n) is 7.15. The third-order valence-electron chi connectivity index (χ3n) is 6.10. The van der Waals surface area contributed by atoms with E-state index in [0.717, 1.165) is 16.7 Å². The monoisotopic (exact) mass is 301 g/mol. The Morgan fingerprint density at radius 1 is 0.870 bits per heavy atom. The summed E-state index contributed by atoms with van der Waals surface area (Å²) in [5, 5.41) is 0. The number of Topliss-reactive ketones (excluding diaryl/α,β-unsaturated/α-hetero) is 1. The van der Waals surface area contributed by atoms with Crippen molar-refractivity contribution in [1.82, 2.24) is 4.98 Å². The van der Waals surface area contributed by atoms with Crippen molar-refractivity contribution in [2.24, 2.45) is 23.7 Å². The van der Waals surface area contributed by atoms with Crippen LogP contribution >= 0.6 is 0 Å². The highest BCUT2D eigenvalue weighted by Crippen LogP contribution is 2.62. The lowest BCUT2D eigenvalue weighted by atomic mass is 9.77. The Labute approximate surface area is 136 Å². The molecule has 1 aromatic carbocycles. The van der Waals surface area contributed by atoms with Crippen LogP contribution in [-0.4, -0.2) is 10.8 Å². The summed E-state index contributed by atoms with van der Waals surface area (Å²) in [6.07, 6.45) is 7.50. The average Bonchev–Trinajstić information content (AvgIpc) is 3.29. The summed E-state index contributed by atoms with van der Waals surface area (Å²) >= 11 is 0. The number of allylic oxidation sites excluding steroid dienone is 2. The van der Waals surface area contributed by atoms with Gasteiger partial charge < -0.3 is 0 Å². The molecular formula is C21H19NO. The van der Waals surface area contributed by atoms with Crippen LogP contribution in [0.4, 0.5) is 0 Å². The number of hydrogen-bond donors (Lipinski definition) is 0. The molecule has 114 valence electrons. The quantitative estimate of drug-likeness (QED) is 0.830. The lowest BCUT2D eigenvalue weighted by Gasteiger charge is -2.26. The van der Waals surface area contributed by atoms with Gasteiger partial charge in [-0.15, -0.1) is 0 Å². The predicted molar refractivity (Wildman–Crippen MR) is 90.3 cm³/mol. The van der Waals surface area contributed by atoms with Crippen molar-refractivity contribution in [3.05, 3.63) is 66.0 Å². The number of nitrogens with zero attached hydrogens (tertiary/aromatic N) is 1. The van der Waals surface area contributed by atoms with Gasteiger partial charge in [-0.1, -0.05) is 36.4 Å². The van der Waals surface area contributed by atoms with Gasteiger partial charge >= 0.3 is 0 Å². The zero-order valence-corrected chi connectivity index (χ0v) is 13.0. The molecule has 2 heteroatoms. The van der Waals surface area contributed by atoms with Crippen LogP contribution in [0.2, 0.25) is 0 Å². The summed E-state index contributed by atoms with van der Waals surface area (Å²) in [5.41, 5.74) is 4.45. The van der Waals surface area contributed by atoms with Crippen LogP contribution in [-0.2, 0) is 4.79 Å². The molecule has 0 aliphatic heterocycles. The van der Waals surface area contributed by atoms with Crippen molar-refractivity contribution in [3.63, 3.8) is 0 Å². The number of pyridine rings is 1. The second-order valence-corrected chi connectivity index (χ2v) is 7.15. The molecular weight excluding hydrogens is 282 g/mol. The van der Waals surface area contributed by atoms with Gasteiger partial charge in [-0.25, -0.2) is 0 Å². The fourth-order valence-corrected chi connectivity index (χ4v) is 5.31. The van der Waals surface area contributed by atoms with Gasteiger partial charge in [-0.3, -0.25) is 9.78 Å². The number of hydrogen-bond acceptors (Lipinski definition) is 2. The molecule has 2 nitrogen and oxygen atoms in total. The van der Waals surface area contributed by atoms with Crippen molar-refractivity contribution in [2.75, 3.05) is 0 Å². The highest BCUT2D eigenvalue weighted by molar-refractivity contribution is 6.32. The minimum Gasteiger partial charge on any atom is -0.294 e. The molecule has 2 fully saturated rings. The lowest BCUT2D eigenvalue weighted by molar-refractivity contribution is -0.118. The van der Waals surface area contributed by atoms with E-state index in [1.807, 2.05) is 30.5 Å². The van der Waals surface area contributed by atoms with Crippen molar-refractivity contribution in [2.45, 2.75) is 19.3 Å². The Kier molecular flexibility index (Phi) is 2.81. The largest absolute Gasteiger partial charge is 0.294 e. The normalized spacial score (nSPS) is 31.7. The molecule has 2 aromatic rings. The fourth-order valence-electron chi connectivity index (χ4n) is 5.31. The molecule has 1 heterocycles. The Morgan fingerprint density at radius 2 is 1.61 bits per heavy atom. The molecule has 0 saturated heterocycles. The van der Waals surface area contributed by atoms with Gasteiger partial charge in [0.25, 0.3) is 0 Å². The van der Waals surface area contributed by atoms with E-state index < -0.39 is 0 Å². The first-order valence-corrected chi connectivity index (χ1v) is 8.59. The number of rotatable bonds is 2. The summed E-state index contributed by atoms with van der Waals surface area (Å²) < 4.78 is 0. The maximum absolute atomic E-state index is 13.3. The first-order valence-electron chi connectivity index (χ1n) is 8.59. The Morgan fingerprint density at radius 3 is 2.35 bits per heavy atom. The van der Waals surface area contributed by atoms with E-state index >= 15 is 0 Å². The summed E-state index contributed by atoms with van der Waals surface area (Å²) in [7, 11) is 0. The molecule has 3 aliphatic carbocycles. The summed E-state index contributed by atoms with van der Waals surface area (Å²) in [5.74, 6) is 2.31. The van der Waals surface area contributed by atoms with Gasteiger partial charge in [0.1, 0.15) is 0 Å². The summed E-state index contributed by atoms with van der Waals surface area (Å²) in [4.78, 5) is 17.6. The highest BCUT2D eigenvalue weighted by atomic mass is 16.1. The first-order chi connectivity index (χ1) is 11.3. The zero-order valence-electron chi connectivity index (χ0n) is 13.0. The van der Waals surface area contributed by atoms with Crippen LogP contribution in [0.1, 0.15) is 30.4 Å². The van der Waals surface area contributed by atoms with Gasteiger partial charge in [0.2, 0.25) is 0 Å². The van der Waals surface area contributed by atoms with E-state index in [9.17, 15) is 4.79 Å². The van der Waals surface area contributed by atoms with E-state index in [1.54, 1.807) is 6.20 Å². The SMILES string of the molecule is O=C1C(c2ccccc2)=C(c2cccnc2)[C@H]2[C@@H]3CC[C@@H](C3)[C@@H]12. The molecule has 0 N–H and O–H groups in total. The van der Waals surface area contributed by atoms with Crippen LogP contribution in [0.3, 0.4) is 0 Å². The third kappa shape index (κ3) is 1.81. The maximum atomic E-state index is 13.3. The minimum atomic E-state index is 0.221. The van der Waals surface area contributed by atoms with Gasteiger partial charge in [-0.2, -0.15) is 0 Å². The Hall–Kier alpha value is -2.22. The predicted octanol–water partition coefficient (Wildman–Crippen LogP) is 4.24. The Balaban J connectivity index is 1.75. The van der Waals surface area contributed by atoms with Crippen LogP contribution in [0.5, 0.6) is 0 Å². The molecule has 1 aromatic heterocycles. The van der Waals surface area contributed by atoms with Gasteiger partial charge in [0.05, 0.1) is 0 Å². The van der Waals surface area contributed by atoms with Crippen molar-refractivity contribution in [1.29, 1.82) is 0 Å². The molecule has 5 rings (SSSR count). The van der Waals surface area contributed by atoms with E-state index in [4.69, 9.17) is 0 Å². The topological polar surface area (TPSA) is 30.0 Å². The number of ketones is 1. The van der Waals surface area contributed by atoms with E-state index in [0.29, 0.717) is 23.5 Å². The van der Waals surface area contributed by atoms with Gasteiger partial charge in [0.15, 0.2) is 5.78 Å². The molecule has 2 bridgehead atoms.